The molecule has 5 heteroatoms. The number of ether oxygens (including phenoxy) is 1. The smallest absolute Gasteiger partial charge is 0.255 e. The number of amides is 1. The molecule has 2 aromatic rings. The Morgan fingerprint density at radius 1 is 1.00 bits per heavy atom. The first-order valence-electron chi connectivity index (χ1n) is 8.60. The summed E-state index contributed by atoms with van der Waals surface area (Å²) in [6.45, 7) is 4.89. The van der Waals surface area contributed by atoms with Gasteiger partial charge in [0.05, 0.1) is 5.56 Å². The molecule has 25 heavy (non-hydrogen) atoms. The fourth-order valence-electron chi connectivity index (χ4n) is 2.98. The lowest BCUT2D eigenvalue weighted by atomic mass is 10.2. The molecule has 0 aromatic heterocycles. The van der Waals surface area contributed by atoms with Crippen LogP contribution in [0.5, 0.6) is 5.75 Å². The molecule has 0 spiro atoms. The Morgan fingerprint density at radius 3 is 2.40 bits per heavy atom. The normalized spacial score (nSPS) is 15.2. The van der Waals surface area contributed by atoms with Gasteiger partial charge in [-0.15, -0.1) is 11.8 Å². The standard InChI is InChI=1S/C20H24N2O2S/c1-25-19-10-6-5-9-18(19)20(23)22-13-11-21(12-14-22)15-16-24-17-7-3-2-4-8-17/h2-10H,11-16H2,1H3. The topological polar surface area (TPSA) is 32.8 Å². The maximum atomic E-state index is 12.8. The van der Waals surface area contributed by atoms with Crippen molar-refractivity contribution in [1.29, 1.82) is 0 Å². The highest BCUT2D eigenvalue weighted by Crippen LogP contribution is 2.22. The predicted octanol–water partition coefficient (Wildman–Crippen LogP) is 3.25. The third kappa shape index (κ3) is 4.77. The highest BCUT2D eigenvalue weighted by molar-refractivity contribution is 7.98. The number of benzene rings is 2. The molecule has 0 unspecified atom stereocenters. The highest BCUT2D eigenvalue weighted by Gasteiger charge is 2.23. The maximum absolute atomic E-state index is 12.8. The molecule has 1 saturated heterocycles. The van der Waals surface area contributed by atoms with E-state index in [2.05, 4.69) is 4.90 Å². The van der Waals surface area contributed by atoms with E-state index in [-0.39, 0.29) is 5.91 Å². The molecule has 3 rings (SSSR count). The fourth-order valence-corrected chi connectivity index (χ4v) is 3.57. The average molecular weight is 356 g/mol. The molecule has 2 aromatic carbocycles. The lowest BCUT2D eigenvalue weighted by molar-refractivity contribution is 0.0617. The summed E-state index contributed by atoms with van der Waals surface area (Å²) >= 11 is 1.62. The van der Waals surface area contributed by atoms with Crippen LogP contribution in [0.1, 0.15) is 10.4 Å². The molecule has 0 N–H and O–H groups in total. The van der Waals surface area contributed by atoms with Crippen molar-refractivity contribution >= 4 is 17.7 Å². The number of rotatable bonds is 6. The van der Waals surface area contributed by atoms with E-state index < -0.39 is 0 Å². The first kappa shape index (κ1) is 17.8. The van der Waals surface area contributed by atoms with Crippen molar-refractivity contribution in [2.24, 2.45) is 0 Å². The molecule has 0 bridgehead atoms. The minimum atomic E-state index is 0.144. The Hall–Kier alpha value is -1.98. The third-order valence-electron chi connectivity index (χ3n) is 4.42. The zero-order chi connectivity index (χ0) is 17.5. The molecule has 0 radical (unpaired) electrons. The largest absolute Gasteiger partial charge is 0.492 e. The average Bonchev–Trinajstić information content (AvgIpc) is 2.69. The minimum Gasteiger partial charge on any atom is -0.492 e. The van der Waals surface area contributed by atoms with Crippen LogP contribution in [0.25, 0.3) is 0 Å². The number of hydrogen-bond donors (Lipinski definition) is 0. The van der Waals surface area contributed by atoms with Gasteiger partial charge < -0.3 is 9.64 Å². The van der Waals surface area contributed by atoms with Gasteiger partial charge in [0.1, 0.15) is 12.4 Å². The summed E-state index contributed by atoms with van der Waals surface area (Å²) < 4.78 is 5.76. The Kier molecular flexibility index (Phi) is 6.36. The van der Waals surface area contributed by atoms with E-state index in [4.69, 9.17) is 4.74 Å². The molecule has 4 nitrogen and oxygen atoms in total. The van der Waals surface area contributed by atoms with Crippen molar-refractivity contribution in [1.82, 2.24) is 9.80 Å². The SMILES string of the molecule is CSc1ccccc1C(=O)N1CCN(CCOc2ccccc2)CC1. The molecule has 132 valence electrons. The van der Waals surface area contributed by atoms with Crippen LogP contribution in [-0.4, -0.2) is 61.3 Å². The Morgan fingerprint density at radius 2 is 1.68 bits per heavy atom. The van der Waals surface area contributed by atoms with Crippen LogP contribution in [0.2, 0.25) is 0 Å². The van der Waals surface area contributed by atoms with Crippen molar-refractivity contribution in [3.63, 3.8) is 0 Å². The molecule has 0 saturated carbocycles. The summed E-state index contributed by atoms with van der Waals surface area (Å²) in [7, 11) is 0. The molecule has 1 fully saturated rings. The summed E-state index contributed by atoms with van der Waals surface area (Å²) in [5, 5.41) is 0. The van der Waals surface area contributed by atoms with Gasteiger partial charge in [-0.05, 0) is 30.5 Å². The minimum absolute atomic E-state index is 0.144. The number of nitrogens with zero attached hydrogens (tertiary/aromatic N) is 2. The number of para-hydroxylation sites is 1. The third-order valence-corrected chi connectivity index (χ3v) is 5.21. The van der Waals surface area contributed by atoms with E-state index in [9.17, 15) is 4.79 Å². The van der Waals surface area contributed by atoms with E-state index in [0.29, 0.717) is 6.61 Å². The number of hydrogen-bond acceptors (Lipinski definition) is 4. The van der Waals surface area contributed by atoms with Gasteiger partial charge in [0, 0.05) is 37.6 Å². The predicted molar refractivity (Wildman–Crippen MR) is 103 cm³/mol. The first-order chi connectivity index (χ1) is 12.3. The van der Waals surface area contributed by atoms with E-state index in [0.717, 1.165) is 48.9 Å². The lowest BCUT2D eigenvalue weighted by Gasteiger charge is -2.34. The van der Waals surface area contributed by atoms with Gasteiger partial charge >= 0.3 is 0 Å². The second-order valence-electron chi connectivity index (χ2n) is 6.00. The monoisotopic (exact) mass is 356 g/mol. The van der Waals surface area contributed by atoms with Crippen molar-refractivity contribution < 1.29 is 9.53 Å². The Balaban J connectivity index is 1.46. The second-order valence-corrected chi connectivity index (χ2v) is 6.84. The van der Waals surface area contributed by atoms with Gasteiger partial charge in [-0.3, -0.25) is 9.69 Å². The van der Waals surface area contributed by atoms with Crippen LogP contribution in [0, 0.1) is 0 Å². The van der Waals surface area contributed by atoms with Crippen LogP contribution >= 0.6 is 11.8 Å². The van der Waals surface area contributed by atoms with Crippen molar-refractivity contribution in [2.75, 3.05) is 45.6 Å². The van der Waals surface area contributed by atoms with Gasteiger partial charge in [-0.1, -0.05) is 30.3 Å². The molecular weight excluding hydrogens is 332 g/mol. The van der Waals surface area contributed by atoms with Gasteiger partial charge in [-0.25, -0.2) is 0 Å². The fraction of sp³-hybridized carbons (Fsp3) is 0.350. The van der Waals surface area contributed by atoms with Gasteiger partial charge in [0.2, 0.25) is 0 Å². The number of thioether (sulfide) groups is 1. The zero-order valence-corrected chi connectivity index (χ0v) is 15.4. The van der Waals surface area contributed by atoms with Gasteiger partial charge in [0.15, 0.2) is 0 Å². The van der Waals surface area contributed by atoms with Crippen LogP contribution in [0.4, 0.5) is 0 Å². The van der Waals surface area contributed by atoms with Crippen molar-refractivity contribution in [3.8, 4) is 5.75 Å². The summed E-state index contributed by atoms with van der Waals surface area (Å²) in [5.74, 6) is 1.05. The van der Waals surface area contributed by atoms with Gasteiger partial charge in [0.25, 0.3) is 5.91 Å². The van der Waals surface area contributed by atoms with E-state index in [1.807, 2.05) is 65.8 Å². The Labute approximate surface area is 153 Å². The summed E-state index contributed by atoms with van der Waals surface area (Å²) in [6.07, 6.45) is 2.01. The lowest BCUT2D eigenvalue weighted by Crippen LogP contribution is -2.49. The number of piperazine rings is 1. The van der Waals surface area contributed by atoms with Crippen molar-refractivity contribution in [3.05, 3.63) is 60.2 Å². The highest BCUT2D eigenvalue weighted by atomic mass is 32.2. The first-order valence-corrected chi connectivity index (χ1v) is 9.83. The molecule has 1 aliphatic heterocycles. The number of carbonyl (C=O) groups excluding carboxylic acids is 1. The van der Waals surface area contributed by atoms with E-state index in [1.54, 1.807) is 11.8 Å². The second kappa shape index (κ2) is 8.92. The summed E-state index contributed by atoms with van der Waals surface area (Å²) in [6, 6.07) is 17.7. The maximum Gasteiger partial charge on any atom is 0.255 e. The number of carbonyl (C=O) groups is 1. The molecule has 0 aliphatic carbocycles. The molecule has 1 aliphatic rings. The van der Waals surface area contributed by atoms with Crippen LogP contribution in [0.15, 0.2) is 59.5 Å². The Bertz CT molecular complexity index is 685. The summed E-state index contributed by atoms with van der Waals surface area (Å²) in [5.41, 5.74) is 0.816. The van der Waals surface area contributed by atoms with Crippen LogP contribution in [0.3, 0.4) is 0 Å². The van der Waals surface area contributed by atoms with E-state index in [1.165, 1.54) is 0 Å². The van der Waals surface area contributed by atoms with Gasteiger partial charge in [-0.2, -0.15) is 0 Å². The quantitative estimate of drug-likeness (QED) is 0.744. The summed E-state index contributed by atoms with van der Waals surface area (Å²) in [4.78, 5) is 18.1. The zero-order valence-electron chi connectivity index (χ0n) is 14.6. The van der Waals surface area contributed by atoms with E-state index >= 15 is 0 Å². The molecular formula is C20H24N2O2S. The van der Waals surface area contributed by atoms with Crippen molar-refractivity contribution in [2.45, 2.75) is 4.90 Å². The van der Waals surface area contributed by atoms with Crippen LogP contribution < -0.4 is 4.74 Å². The molecule has 0 atom stereocenters. The molecule has 1 heterocycles. The van der Waals surface area contributed by atoms with Crippen LogP contribution in [-0.2, 0) is 0 Å². The molecule has 1 amide bonds.